The van der Waals surface area contributed by atoms with E-state index in [2.05, 4.69) is 10.3 Å². The first kappa shape index (κ1) is 11.7. The third-order valence-corrected chi connectivity index (χ3v) is 2.82. The van der Waals surface area contributed by atoms with E-state index >= 15 is 0 Å². The van der Waals surface area contributed by atoms with Crippen LogP contribution in [0, 0.1) is 0 Å². The van der Waals surface area contributed by atoms with Crippen molar-refractivity contribution in [3.8, 4) is 0 Å². The molecule has 0 fully saturated rings. The van der Waals surface area contributed by atoms with E-state index in [0.717, 1.165) is 5.39 Å². The molecular formula is C12H12ClN3O. The molecule has 4 nitrogen and oxygen atoms in total. The highest BCUT2D eigenvalue weighted by atomic mass is 35.5. The van der Waals surface area contributed by atoms with Gasteiger partial charge >= 0.3 is 0 Å². The molecule has 5 heteroatoms. The maximum atomic E-state index is 11.8. The van der Waals surface area contributed by atoms with Crippen LogP contribution < -0.4 is 11.1 Å². The molecule has 0 saturated carbocycles. The molecule has 0 bridgehead atoms. The van der Waals surface area contributed by atoms with Crippen LogP contribution >= 0.6 is 11.6 Å². The molecule has 1 aromatic heterocycles. The molecule has 1 heterocycles. The summed E-state index contributed by atoms with van der Waals surface area (Å²) in [5, 5.41) is 4.64. The number of nitrogens with two attached hydrogens (primary N) is 1. The summed E-state index contributed by atoms with van der Waals surface area (Å²) in [4.78, 5) is 15.9. The van der Waals surface area contributed by atoms with Crippen molar-refractivity contribution in [2.75, 3.05) is 12.3 Å². The number of hydrogen-bond donors (Lipinski definition) is 2. The second kappa shape index (κ2) is 4.59. The number of nitrogen functional groups attached to an aromatic ring is 1. The normalized spacial score (nSPS) is 10.5. The summed E-state index contributed by atoms with van der Waals surface area (Å²) < 4.78 is 0. The molecule has 0 aliphatic rings. The Morgan fingerprint density at radius 2 is 2.18 bits per heavy atom. The Kier molecular flexibility index (Phi) is 3.15. The number of anilines is 1. The molecule has 0 aliphatic carbocycles. The summed E-state index contributed by atoms with van der Waals surface area (Å²) >= 11 is 5.93. The Balaban J connectivity index is 2.66. The number of hydrogen-bond acceptors (Lipinski definition) is 3. The van der Waals surface area contributed by atoms with Gasteiger partial charge in [-0.15, -0.1) is 0 Å². The Morgan fingerprint density at radius 1 is 1.41 bits per heavy atom. The van der Waals surface area contributed by atoms with Crippen LogP contribution in [0.4, 0.5) is 5.69 Å². The molecule has 0 saturated heterocycles. The van der Waals surface area contributed by atoms with Crippen LogP contribution in [0.3, 0.4) is 0 Å². The highest BCUT2D eigenvalue weighted by molar-refractivity contribution is 6.34. The van der Waals surface area contributed by atoms with Crippen molar-refractivity contribution in [3.63, 3.8) is 0 Å². The number of pyridine rings is 1. The van der Waals surface area contributed by atoms with E-state index < -0.39 is 0 Å². The molecule has 2 aromatic rings. The Labute approximate surface area is 104 Å². The molecule has 88 valence electrons. The quantitative estimate of drug-likeness (QED) is 0.802. The number of aromatic nitrogens is 1. The lowest BCUT2D eigenvalue weighted by atomic mass is 10.1. The van der Waals surface area contributed by atoms with Gasteiger partial charge in [0.15, 0.2) is 0 Å². The summed E-state index contributed by atoms with van der Waals surface area (Å²) in [7, 11) is 0. The second-order valence-electron chi connectivity index (χ2n) is 3.58. The lowest BCUT2D eigenvalue weighted by molar-refractivity contribution is 0.0952. The molecule has 1 aromatic carbocycles. The van der Waals surface area contributed by atoms with Crippen molar-refractivity contribution in [2.24, 2.45) is 0 Å². The number of amides is 1. The van der Waals surface area contributed by atoms with E-state index in [1.807, 2.05) is 6.92 Å². The summed E-state index contributed by atoms with van der Waals surface area (Å²) in [6, 6.07) is 5.18. The number of carbonyl (C=O) groups excluding carboxylic acids is 1. The highest BCUT2D eigenvalue weighted by Gasteiger charge is 2.12. The lowest BCUT2D eigenvalue weighted by Gasteiger charge is -2.08. The molecule has 0 aliphatic heterocycles. The van der Waals surface area contributed by atoms with Gasteiger partial charge in [-0.25, -0.2) is 0 Å². The van der Waals surface area contributed by atoms with E-state index in [-0.39, 0.29) is 5.91 Å². The summed E-state index contributed by atoms with van der Waals surface area (Å²) in [6.07, 6.45) is 1.56. The van der Waals surface area contributed by atoms with Gasteiger partial charge in [-0.3, -0.25) is 9.78 Å². The Hall–Kier alpha value is -1.81. The van der Waals surface area contributed by atoms with Crippen molar-refractivity contribution < 1.29 is 4.79 Å². The third-order valence-electron chi connectivity index (χ3n) is 2.49. The number of fused-ring (bicyclic) bond motifs is 1. The Bertz CT molecular complexity index is 583. The van der Waals surface area contributed by atoms with Gasteiger partial charge in [-0.1, -0.05) is 17.7 Å². The molecule has 3 N–H and O–H groups in total. The SMILES string of the molecule is CCNC(=O)c1nccc2c(N)c(Cl)ccc12. The minimum absolute atomic E-state index is 0.208. The summed E-state index contributed by atoms with van der Waals surface area (Å²) in [5.41, 5.74) is 6.71. The molecule has 0 spiro atoms. The number of nitrogens with zero attached hydrogens (tertiary/aromatic N) is 1. The van der Waals surface area contributed by atoms with Gasteiger partial charge in [0.1, 0.15) is 5.69 Å². The van der Waals surface area contributed by atoms with Crippen molar-refractivity contribution in [2.45, 2.75) is 6.92 Å². The number of halogens is 1. The van der Waals surface area contributed by atoms with Crippen molar-refractivity contribution in [3.05, 3.63) is 35.1 Å². The van der Waals surface area contributed by atoms with Crippen LogP contribution in [0.5, 0.6) is 0 Å². The molecule has 1 amide bonds. The predicted octanol–water partition coefficient (Wildman–Crippen LogP) is 2.22. The standard InChI is InChI=1S/C12H12ClN3O/c1-2-15-12(17)11-8-3-4-9(13)10(14)7(8)5-6-16-11/h3-6H,2,14H2,1H3,(H,15,17). The molecule has 0 radical (unpaired) electrons. The van der Waals surface area contributed by atoms with Gasteiger partial charge in [0.2, 0.25) is 0 Å². The average molecular weight is 250 g/mol. The molecule has 0 unspecified atom stereocenters. The zero-order valence-electron chi connectivity index (χ0n) is 9.33. The molecular weight excluding hydrogens is 238 g/mol. The van der Waals surface area contributed by atoms with E-state index in [1.165, 1.54) is 0 Å². The van der Waals surface area contributed by atoms with Crippen LogP contribution in [0.15, 0.2) is 24.4 Å². The first-order valence-electron chi connectivity index (χ1n) is 5.26. The van der Waals surface area contributed by atoms with Crippen LogP contribution in [-0.2, 0) is 0 Å². The molecule has 17 heavy (non-hydrogen) atoms. The number of carbonyl (C=O) groups is 1. The molecule has 0 atom stereocenters. The second-order valence-corrected chi connectivity index (χ2v) is 3.98. The lowest BCUT2D eigenvalue weighted by Crippen LogP contribution is -2.23. The fraction of sp³-hybridized carbons (Fsp3) is 0.167. The first-order chi connectivity index (χ1) is 8.15. The largest absolute Gasteiger partial charge is 0.397 e. The monoisotopic (exact) mass is 249 g/mol. The van der Waals surface area contributed by atoms with Crippen molar-refractivity contribution in [1.82, 2.24) is 10.3 Å². The van der Waals surface area contributed by atoms with Crippen LogP contribution in [0.1, 0.15) is 17.4 Å². The third kappa shape index (κ3) is 2.03. The van der Waals surface area contributed by atoms with Crippen LogP contribution in [0.25, 0.3) is 10.8 Å². The fourth-order valence-corrected chi connectivity index (χ4v) is 1.84. The topological polar surface area (TPSA) is 68.0 Å². The van der Waals surface area contributed by atoms with Crippen molar-refractivity contribution in [1.29, 1.82) is 0 Å². The highest BCUT2D eigenvalue weighted by Crippen LogP contribution is 2.29. The van der Waals surface area contributed by atoms with Gasteiger partial charge in [0.05, 0.1) is 10.7 Å². The number of nitrogens with one attached hydrogen (secondary N) is 1. The maximum absolute atomic E-state index is 11.8. The van der Waals surface area contributed by atoms with Gasteiger partial charge < -0.3 is 11.1 Å². The van der Waals surface area contributed by atoms with E-state index in [1.54, 1.807) is 24.4 Å². The molecule has 2 rings (SSSR count). The van der Waals surface area contributed by atoms with Gasteiger partial charge in [-0.05, 0) is 19.1 Å². The summed E-state index contributed by atoms with van der Waals surface area (Å²) in [6.45, 7) is 2.41. The summed E-state index contributed by atoms with van der Waals surface area (Å²) in [5.74, 6) is -0.208. The maximum Gasteiger partial charge on any atom is 0.270 e. The first-order valence-corrected chi connectivity index (χ1v) is 5.63. The minimum atomic E-state index is -0.208. The van der Waals surface area contributed by atoms with Crippen LogP contribution in [-0.4, -0.2) is 17.4 Å². The zero-order valence-corrected chi connectivity index (χ0v) is 10.1. The average Bonchev–Trinajstić information content (AvgIpc) is 2.33. The number of rotatable bonds is 2. The van der Waals surface area contributed by atoms with Gasteiger partial charge in [0, 0.05) is 23.5 Å². The smallest absolute Gasteiger partial charge is 0.270 e. The van der Waals surface area contributed by atoms with E-state index in [4.69, 9.17) is 17.3 Å². The van der Waals surface area contributed by atoms with Gasteiger partial charge in [-0.2, -0.15) is 0 Å². The van der Waals surface area contributed by atoms with E-state index in [0.29, 0.717) is 28.3 Å². The van der Waals surface area contributed by atoms with Gasteiger partial charge in [0.25, 0.3) is 5.91 Å². The predicted molar refractivity (Wildman–Crippen MR) is 69.2 cm³/mol. The zero-order chi connectivity index (χ0) is 12.4. The number of benzene rings is 1. The van der Waals surface area contributed by atoms with Crippen LogP contribution in [0.2, 0.25) is 5.02 Å². The Morgan fingerprint density at radius 3 is 2.88 bits per heavy atom. The van der Waals surface area contributed by atoms with Crippen molar-refractivity contribution >= 4 is 34.0 Å². The van der Waals surface area contributed by atoms with E-state index in [9.17, 15) is 4.79 Å². The minimum Gasteiger partial charge on any atom is -0.397 e. The fourth-order valence-electron chi connectivity index (χ4n) is 1.68.